The van der Waals surface area contributed by atoms with Crippen molar-refractivity contribution < 1.29 is 30.6 Å². The first-order valence-corrected chi connectivity index (χ1v) is 8.06. The first kappa shape index (κ1) is 17.3. The summed E-state index contributed by atoms with van der Waals surface area (Å²) in [7, 11) is -5.77. The van der Waals surface area contributed by atoms with Gasteiger partial charge in [0, 0.05) is 25.2 Å². The topological polar surface area (TPSA) is 63.7 Å². The molecule has 1 aromatic carbocycles. The average Bonchev–Trinajstić information content (AvgIpc) is 2.46. The highest BCUT2D eigenvalue weighted by molar-refractivity contribution is 7.87. The van der Waals surface area contributed by atoms with Crippen LogP contribution in [0.25, 0.3) is 0 Å². The average molecular weight is 349 g/mol. The third kappa shape index (κ3) is 3.84. The smallest absolute Gasteiger partial charge is 0.380 e. The summed E-state index contributed by atoms with van der Waals surface area (Å²) < 4.78 is 63.7. The number of anilines is 1. The Morgan fingerprint density at radius 2 is 1.83 bits per heavy atom. The molecule has 0 aliphatic carbocycles. The van der Waals surface area contributed by atoms with Crippen LogP contribution in [-0.2, 0) is 19.1 Å². The lowest BCUT2D eigenvalue weighted by Gasteiger charge is -2.31. The van der Waals surface area contributed by atoms with Gasteiger partial charge >= 0.3 is 15.6 Å². The zero-order chi connectivity index (χ0) is 17.3. The molecule has 126 valence electrons. The molecular formula is C14H14F3NO4S. The maximum absolute atomic E-state index is 12.4. The maximum atomic E-state index is 12.4. The van der Waals surface area contributed by atoms with E-state index in [-0.39, 0.29) is 25.1 Å². The molecule has 1 aliphatic rings. The number of para-hydroxylation sites is 1. The van der Waals surface area contributed by atoms with Crippen molar-refractivity contribution >= 4 is 21.6 Å². The Morgan fingerprint density at radius 3 is 2.35 bits per heavy atom. The molecule has 23 heavy (non-hydrogen) atoms. The largest absolute Gasteiger partial charge is 0.534 e. The minimum Gasteiger partial charge on any atom is -0.380 e. The van der Waals surface area contributed by atoms with Crippen molar-refractivity contribution in [3.63, 3.8) is 0 Å². The SMILES string of the molecule is CC(=O)C1=C(OS(=O)(=O)C(F)(F)F)CCN(c2ccccc2)C1. The number of carbonyl (C=O) groups is 1. The first-order chi connectivity index (χ1) is 10.6. The summed E-state index contributed by atoms with van der Waals surface area (Å²) in [6.45, 7) is 1.39. The maximum Gasteiger partial charge on any atom is 0.534 e. The number of alkyl halides is 3. The van der Waals surface area contributed by atoms with Gasteiger partial charge in [0.15, 0.2) is 5.78 Å². The van der Waals surface area contributed by atoms with Gasteiger partial charge in [-0.3, -0.25) is 4.79 Å². The number of benzene rings is 1. The Bertz CT molecular complexity index is 726. The van der Waals surface area contributed by atoms with Crippen LogP contribution in [0.5, 0.6) is 0 Å². The molecular weight excluding hydrogens is 335 g/mol. The molecule has 0 spiro atoms. The van der Waals surface area contributed by atoms with E-state index in [0.29, 0.717) is 0 Å². The lowest BCUT2D eigenvalue weighted by Crippen LogP contribution is -2.36. The highest BCUT2D eigenvalue weighted by Crippen LogP contribution is 2.31. The molecule has 1 aliphatic heterocycles. The minimum absolute atomic E-state index is 0.0118. The Hall–Kier alpha value is -2.03. The molecule has 0 atom stereocenters. The van der Waals surface area contributed by atoms with Gasteiger partial charge in [0.1, 0.15) is 5.76 Å². The van der Waals surface area contributed by atoms with E-state index >= 15 is 0 Å². The van der Waals surface area contributed by atoms with E-state index in [9.17, 15) is 26.4 Å². The second kappa shape index (κ2) is 6.23. The van der Waals surface area contributed by atoms with Gasteiger partial charge in [0.2, 0.25) is 0 Å². The van der Waals surface area contributed by atoms with Crippen LogP contribution in [0.2, 0.25) is 0 Å². The van der Waals surface area contributed by atoms with Crippen molar-refractivity contribution in [1.82, 2.24) is 0 Å². The van der Waals surface area contributed by atoms with Crippen LogP contribution in [0.4, 0.5) is 18.9 Å². The number of hydrogen-bond donors (Lipinski definition) is 0. The number of hydrogen-bond acceptors (Lipinski definition) is 5. The second-order valence-electron chi connectivity index (χ2n) is 4.95. The Kier molecular flexibility index (Phi) is 4.69. The van der Waals surface area contributed by atoms with Gasteiger partial charge in [-0.25, -0.2) is 0 Å². The summed E-state index contributed by atoms with van der Waals surface area (Å²) in [6.07, 6.45) is -0.112. The molecule has 0 aromatic heterocycles. The highest BCUT2D eigenvalue weighted by atomic mass is 32.2. The van der Waals surface area contributed by atoms with Crippen molar-refractivity contribution in [2.75, 3.05) is 18.0 Å². The van der Waals surface area contributed by atoms with E-state index < -0.39 is 27.2 Å². The van der Waals surface area contributed by atoms with E-state index in [1.807, 2.05) is 0 Å². The van der Waals surface area contributed by atoms with E-state index in [0.717, 1.165) is 12.6 Å². The third-order valence-corrected chi connectivity index (χ3v) is 4.32. The molecule has 0 unspecified atom stereocenters. The van der Waals surface area contributed by atoms with Crippen molar-refractivity contribution in [2.24, 2.45) is 0 Å². The van der Waals surface area contributed by atoms with E-state index in [1.54, 1.807) is 35.2 Å². The lowest BCUT2D eigenvalue weighted by molar-refractivity contribution is -0.113. The fourth-order valence-electron chi connectivity index (χ4n) is 2.18. The van der Waals surface area contributed by atoms with Gasteiger partial charge < -0.3 is 9.08 Å². The van der Waals surface area contributed by atoms with Gasteiger partial charge in [-0.2, -0.15) is 21.6 Å². The van der Waals surface area contributed by atoms with Gasteiger partial charge in [0.05, 0.1) is 5.57 Å². The van der Waals surface area contributed by atoms with Crippen molar-refractivity contribution in [1.29, 1.82) is 0 Å². The molecule has 9 heteroatoms. The summed E-state index contributed by atoms with van der Waals surface area (Å²) in [6, 6.07) is 8.95. The summed E-state index contributed by atoms with van der Waals surface area (Å²) in [4.78, 5) is 13.4. The summed E-state index contributed by atoms with van der Waals surface area (Å²) in [5.74, 6) is -0.972. The van der Waals surface area contributed by atoms with Crippen LogP contribution in [0.15, 0.2) is 41.7 Å². The second-order valence-corrected chi connectivity index (χ2v) is 6.49. The van der Waals surface area contributed by atoms with Crippen LogP contribution in [0, 0.1) is 0 Å². The summed E-state index contributed by atoms with van der Waals surface area (Å²) in [5, 5.41) is 0. The van der Waals surface area contributed by atoms with Crippen LogP contribution in [0.1, 0.15) is 13.3 Å². The molecule has 0 radical (unpaired) electrons. The third-order valence-electron chi connectivity index (χ3n) is 3.33. The lowest BCUT2D eigenvalue weighted by atomic mass is 10.0. The highest BCUT2D eigenvalue weighted by Gasteiger charge is 2.49. The Labute approximate surface area is 131 Å². The molecule has 1 heterocycles. The number of rotatable bonds is 4. The van der Waals surface area contributed by atoms with Crippen LogP contribution in [-0.4, -0.2) is 32.8 Å². The number of Topliss-reactive ketones (excluding diaryl/α,β-unsaturated/α-hetero) is 1. The van der Waals surface area contributed by atoms with E-state index in [1.165, 1.54) is 0 Å². The summed E-state index contributed by atoms with van der Waals surface area (Å²) >= 11 is 0. The molecule has 0 bridgehead atoms. The monoisotopic (exact) mass is 349 g/mol. The number of carbonyl (C=O) groups excluding carboxylic acids is 1. The fourth-order valence-corrected chi connectivity index (χ4v) is 2.73. The minimum atomic E-state index is -5.77. The van der Waals surface area contributed by atoms with Crippen molar-refractivity contribution in [2.45, 2.75) is 18.9 Å². The van der Waals surface area contributed by atoms with Crippen LogP contribution in [0.3, 0.4) is 0 Å². The van der Waals surface area contributed by atoms with Gasteiger partial charge in [-0.15, -0.1) is 0 Å². The standard InChI is InChI=1S/C14H14F3NO4S/c1-10(19)12-9-18(11-5-3-2-4-6-11)8-7-13(12)22-23(20,21)14(15,16)17/h2-6H,7-9H2,1H3. The zero-order valence-electron chi connectivity index (χ0n) is 12.1. The molecule has 0 saturated carbocycles. The van der Waals surface area contributed by atoms with Gasteiger partial charge in [-0.1, -0.05) is 18.2 Å². The first-order valence-electron chi connectivity index (χ1n) is 6.65. The predicted molar refractivity (Wildman–Crippen MR) is 77.0 cm³/mol. The van der Waals surface area contributed by atoms with Gasteiger partial charge in [0.25, 0.3) is 0 Å². The normalized spacial score (nSPS) is 16.4. The molecule has 0 fully saturated rings. The molecule has 0 amide bonds. The van der Waals surface area contributed by atoms with E-state index in [2.05, 4.69) is 4.18 Å². The summed E-state index contributed by atoms with van der Waals surface area (Å²) in [5.41, 5.74) is -4.82. The van der Waals surface area contributed by atoms with Gasteiger partial charge in [-0.05, 0) is 19.1 Å². The molecule has 1 aromatic rings. The van der Waals surface area contributed by atoms with Crippen molar-refractivity contribution in [3.05, 3.63) is 41.7 Å². The molecule has 0 N–H and O–H groups in total. The van der Waals surface area contributed by atoms with Crippen LogP contribution < -0.4 is 4.90 Å². The quantitative estimate of drug-likeness (QED) is 0.618. The number of halogens is 3. The van der Waals surface area contributed by atoms with E-state index in [4.69, 9.17) is 0 Å². The number of ketones is 1. The molecule has 2 rings (SSSR count). The number of nitrogens with zero attached hydrogens (tertiary/aromatic N) is 1. The Morgan fingerprint density at radius 1 is 1.22 bits per heavy atom. The molecule has 5 nitrogen and oxygen atoms in total. The van der Waals surface area contributed by atoms with Crippen LogP contribution >= 0.6 is 0 Å². The predicted octanol–water partition coefficient (Wildman–Crippen LogP) is 2.61. The zero-order valence-corrected chi connectivity index (χ0v) is 12.9. The fraction of sp³-hybridized carbons (Fsp3) is 0.357. The van der Waals surface area contributed by atoms with Crippen molar-refractivity contribution in [3.8, 4) is 0 Å². The Balaban J connectivity index is 2.30. The molecule has 0 saturated heterocycles.